The second kappa shape index (κ2) is 9.75. The molecule has 4 rings (SSSR count). The predicted molar refractivity (Wildman–Crippen MR) is 127 cm³/mol. The first kappa shape index (κ1) is 22.4. The molecule has 31 heavy (non-hydrogen) atoms. The predicted octanol–water partition coefficient (Wildman–Crippen LogP) is 6.18. The lowest BCUT2D eigenvalue weighted by Gasteiger charge is -2.37. The van der Waals surface area contributed by atoms with Crippen molar-refractivity contribution in [3.05, 3.63) is 35.4 Å². The maximum Gasteiger partial charge on any atom is 0.255 e. The number of benzene rings is 1. The van der Waals surface area contributed by atoms with Crippen molar-refractivity contribution >= 4 is 11.9 Å². The SMILES string of the molecule is Cc1ccccc1CN1C(=N)N[C@](CCC2CCCCC2)(CC2CCCCC2C)C1=O. The number of nitrogens with one attached hydrogen (secondary N) is 2. The fraction of sp³-hybridized carbons (Fsp3) is 0.704. The molecule has 3 aliphatic rings. The lowest BCUT2D eigenvalue weighted by atomic mass is 9.71. The van der Waals surface area contributed by atoms with Crippen LogP contribution in [0.3, 0.4) is 0 Å². The number of aryl methyl sites for hydroxylation is 1. The van der Waals surface area contributed by atoms with Crippen molar-refractivity contribution in [3.63, 3.8) is 0 Å². The normalized spacial score (nSPS) is 29.9. The summed E-state index contributed by atoms with van der Waals surface area (Å²) in [4.78, 5) is 15.6. The summed E-state index contributed by atoms with van der Waals surface area (Å²) >= 11 is 0. The monoisotopic (exact) mass is 423 g/mol. The van der Waals surface area contributed by atoms with E-state index >= 15 is 0 Å². The van der Waals surface area contributed by atoms with Gasteiger partial charge in [0.05, 0.1) is 6.54 Å². The highest BCUT2D eigenvalue weighted by molar-refractivity contribution is 6.07. The Kier molecular flexibility index (Phi) is 7.03. The molecule has 4 nitrogen and oxygen atoms in total. The third kappa shape index (κ3) is 4.99. The molecule has 2 unspecified atom stereocenters. The molecule has 3 fully saturated rings. The van der Waals surface area contributed by atoms with Gasteiger partial charge in [0.2, 0.25) is 0 Å². The minimum absolute atomic E-state index is 0.148. The minimum atomic E-state index is -0.576. The smallest absolute Gasteiger partial charge is 0.255 e. The largest absolute Gasteiger partial charge is 0.342 e. The van der Waals surface area contributed by atoms with Crippen LogP contribution in [0.5, 0.6) is 0 Å². The van der Waals surface area contributed by atoms with Gasteiger partial charge in [-0.25, -0.2) is 0 Å². The van der Waals surface area contributed by atoms with Gasteiger partial charge in [0.15, 0.2) is 5.96 Å². The first-order valence-electron chi connectivity index (χ1n) is 12.7. The first-order chi connectivity index (χ1) is 15.0. The van der Waals surface area contributed by atoms with Crippen LogP contribution in [0.2, 0.25) is 0 Å². The van der Waals surface area contributed by atoms with Crippen LogP contribution in [-0.4, -0.2) is 22.3 Å². The second-order valence-corrected chi connectivity index (χ2v) is 10.6. The summed E-state index contributed by atoms with van der Waals surface area (Å²) in [6.07, 6.45) is 14.7. The van der Waals surface area contributed by atoms with Crippen molar-refractivity contribution in [2.45, 2.75) is 103 Å². The fourth-order valence-corrected chi connectivity index (χ4v) is 6.30. The Morgan fingerprint density at radius 3 is 2.52 bits per heavy atom. The maximum absolute atomic E-state index is 13.9. The number of hydrogen-bond acceptors (Lipinski definition) is 2. The van der Waals surface area contributed by atoms with E-state index in [0.717, 1.165) is 30.7 Å². The quantitative estimate of drug-likeness (QED) is 0.550. The number of carbonyl (C=O) groups is 1. The van der Waals surface area contributed by atoms with Gasteiger partial charge in [0.1, 0.15) is 5.54 Å². The summed E-state index contributed by atoms with van der Waals surface area (Å²) in [7, 11) is 0. The molecular formula is C27H41N3O. The zero-order valence-corrected chi connectivity index (χ0v) is 19.6. The van der Waals surface area contributed by atoms with E-state index in [2.05, 4.69) is 31.3 Å². The molecule has 3 atom stereocenters. The maximum atomic E-state index is 13.9. The number of nitrogens with zero attached hydrogens (tertiary/aromatic N) is 1. The van der Waals surface area contributed by atoms with Crippen molar-refractivity contribution in [3.8, 4) is 0 Å². The molecular weight excluding hydrogens is 382 g/mol. The molecule has 1 aromatic rings. The van der Waals surface area contributed by atoms with Gasteiger partial charge in [-0.1, -0.05) is 89.0 Å². The Labute approximate surface area is 188 Å². The summed E-state index contributed by atoms with van der Waals surface area (Å²) < 4.78 is 0. The molecule has 0 aromatic heterocycles. The van der Waals surface area contributed by atoms with Crippen LogP contribution >= 0.6 is 0 Å². The van der Waals surface area contributed by atoms with Gasteiger partial charge in [-0.3, -0.25) is 15.1 Å². The standard InChI is InChI=1S/C27H41N3O/c1-20-10-6-8-14-23(20)18-27(17-16-22-12-4-3-5-13-22)25(31)30(26(28)29-27)19-24-15-9-7-11-21(24)2/h7,9,11,15,20,22-23H,3-6,8,10,12-14,16-19H2,1-2H3,(H2,28,29)/t20?,23?,27-/m1/s1. The summed E-state index contributed by atoms with van der Waals surface area (Å²) in [6, 6.07) is 8.24. The highest BCUT2D eigenvalue weighted by Gasteiger charge is 2.50. The second-order valence-electron chi connectivity index (χ2n) is 10.6. The molecule has 2 saturated carbocycles. The van der Waals surface area contributed by atoms with Gasteiger partial charge in [0, 0.05) is 0 Å². The number of hydrogen-bond donors (Lipinski definition) is 2. The van der Waals surface area contributed by atoms with Crippen molar-refractivity contribution in [1.29, 1.82) is 5.41 Å². The molecule has 0 bridgehead atoms. The zero-order chi connectivity index (χ0) is 21.8. The number of carbonyl (C=O) groups excluding carboxylic acids is 1. The van der Waals surface area contributed by atoms with Crippen LogP contribution in [0, 0.1) is 30.1 Å². The van der Waals surface area contributed by atoms with Crippen molar-refractivity contribution in [2.75, 3.05) is 0 Å². The lowest BCUT2D eigenvalue weighted by molar-refractivity contribution is -0.132. The molecule has 1 aliphatic heterocycles. The van der Waals surface area contributed by atoms with E-state index in [1.165, 1.54) is 63.4 Å². The van der Waals surface area contributed by atoms with Crippen LogP contribution in [0.25, 0.3) is 0 Å². The number of rotatable bonds is 7. The highest BCUT2D eigenvalue weighted by Crippen LogP contribution is 2.41. The Hall–Kier alpha value is -1.84. The molecule has 1 amide bonds. The van der Waals surface area contributed by atoms with E-state index in [4.69, 9.17) is 5.41 Å². The third-order valence-corrected chi connectivity index (χ3v) is 8.48. The van der Waals surface area contributed by atoms with Crippen molar-refractivity contribution in [2.24, 2.45) is 17.8 Å². The van der Waals surface area contributed by atoms with Gasteiger partial charge >= 0.3 is 0 Å². The zero-order valence-electron chi connectivity index (χ0n) is 19.6. The topological polar surface area (TPSA) is 56.2 Å². The summed E-state index contributed by atoms with van der Waals surface area (Å²) in [6.45, 7) is 4.96. The van der Waals surface area contributed by atoms with E-state index in [1.54, 1.807) is 4.90 Å². The molecule has 170 valence electrons. The van der Waals surface area contributed by atoms with Gasteiger partial charge < -0.3 is 5.32 Å². The lowest BCUT2D eigenvalue weighted by Crippen LogP contribution is -2.49. The highest BCUT2D eigenvalue weighted by atomic mass is 16.2. The third-order valence-electron chi connectivity index (χ3n) is 8.48. The van der Waals surface area contributed by atoms with E-state index in [-0.39, 0.29) is 5.91 Å². The van der Waals surface area contributed by atoms with E-state index in [0.29, 0.717) is 24.3 Å². The van der Waals surface area contributed by atoms with Crippen molar-refractivity contribution < 1.29 is 4.79 Å². The fourth-order valence-electron chi connectivity index (χ4n) is 6.30. The van der Waals surface area contributed by atoms with Crippen LogP contribution < -0.4 is 5.32 Å². The average Bonchev–Trinajstić information content (AvgIpc) is 3.00. The number of guanidine groups is 1. The average molecular weight is 424 g/mol. The molecule has 2 aliphatic carbocycles. The minimum Gasteiger partial charge on any atom is -0.342 e. The van der Waals surface area contributed by atoms with Crippen LogP contribution in [0.15, 0.2) is 24.3 Å². The number of amides is 1. The Morgan fingerprint density at radius 1 is 1.06 bits per heavy atom. The summed E-state index contributed by atoms with van der Waals surface area (Å²) in [5.74, 6) is 2.47. The molecule has 1 heterocycles. The summed E-state index contributed by atoms with van der Waals surface area (Å²) in [5, 5.41) is 12.2. The molecule has 1 saturated heterocycles. The Morgan fingerprint density at radius 2 is 1.77 bits per heavy atom. The van der Waals surface area contributed by atoms with Crippen LogP contribution in [-0.2, 0) is 11.3 Å². The molecule has 4 heteroatoms. The first-order valence-corrected chi connectivity index (χ1v) is 12.7. The summed E-state index contributed by atoms with van der Waals surface area (Å²) in [5.41, 5.74) is 1.74. The molecule has 2 N–H and O–H groups in total. The van der Waals surface area contributed by atoms with Crippen LogP contribution in [0.1, 0.15) is 95.1 Å². The van der Waals surface area contributed by atoms with Crippen molar-refractivity contribution in [1.82, 2.24) is 10.2 Å². The Bertz CT molecular complexity index is 784. The van der Waals surface area contributed by atoms with E-state index < -0.39 is 5.54 Å². The van der Waals surface area contributed by atoms with Gasteiger partial charge in [-0.05, 0) is 55.1 Å². The van der Waals surface area contributed by atoms with Crippen LogP contribution in [0.4, 0.5) is 0 Å². The van der Waals surface area contributed by atoms with E-state index in [1.807, 2.05) is 12.1 Å². The van der Waals surface area contributed by atoms with E-state index in [9.17, 15) is 4.79 Å². The van der Waals surface area contributed by atoms with Gasteiger partial charge in [0.25, 0.3) is 5.91 Å². The molecule has 1 aromatic carbocycles. The Balaban J connectivity index is 1.54. The molecule has 0 spiro atoms. The van der Waals surface area contributed by atoms with Gasteiger partial charge in [-0.2, -0.15) is 0 Å². The van der Waals surface area contributed by atoms with Gasteiger partial charge in [-0.15, -0.1) is 0 Å². The molecule has 0 radical (unpaired) electrons.